The van der Waals surface area contributed by atoms with Gasteiger partial charge in [-0.1, -0.05) is 12.1 Å². The average Bonchev–Trinajstić information content (AvgIpc) is 3.73. The second kappa shape index (κ2) is 9.32. The van der Waals surface area contributed by atoms with Crippen LogP contribution in [-0.4, -0.2) is 55.1 Å². The first kappa shape index (κ1) is 24.1. The molecule has 1 aliphatic heterocycles. The molecule has 2 unspecified atom stereocenters. The van der Waals surface area contributed by atoms with E-state index in [-0.39, 0.29) is 11.9 Å². The minimum absolute atomic E-state index is 0.0130. The number of pyridine rings is 1. The molecule has 1 saturated carbocycles. The third-order valence-electron chi connectivity index (χ3n) is 8.31. The molecular weight excluding hydrogens is 510 g/mol. The van der Waals surface area contributed by atoms with Gasteiger partial charge in [0.25, 0.3) is 5.91 Å². The number of anilines is 1. The van der Waals surface area contributed by atoms with Gasteiger partial charge in [-0.2, -0.15) is 5.10 Å². The van der Waals surface area contributed by atoms with Crippen molar-refractivity contribution in [3.8, 4) is 11.3 Å². The SMILES string of the molecule is Cc1cccc(NC(=O)[C@@H]2C3CCC(C3)N2CCn2cc(C(N)=O)c3cc(-c4n[nH]c5ccsc45)ccc32)n1. The molecule has 5 heterocycles. The molecule has 3 atom stereocenters. The first-order valence-electron chi connectivity index (χ1n) is 13.3. The van der Waals surface area contributed by atoms with Crippen LogP contribution in [-0.2, 0) is 11.3 Å². The van der Waals surface area contributed by atoms with Crippen molar-refractivity contribution in [2.45, 2.75) is 44.8 Å². The molecule has 9 nitrogen and oxygen atoms in total. The van der Waals surface area contributed by atoms with E-state index in [4.69, 9.17) is 5.73 Å². The highest BCUT2D eigenvalue weighted by Gasteiger charge is 2.48. The van der Waals surface area contributed by atoms with Crippen LogP contribution in [0.5, 0.6) is 0 Å². The molecule has 7 rings (SSSR count). The Bertz CT molecular complexity index is 1730. The average molecular weight is 540 g/mol. The maximum absolute atomic E-state index is 13.4. The van der Waals surface area contributed by atoms with E-state index in [1.54, 1.807) is 11.3 Å². The van der Waals surface area contributed by atoms with Crippen molar-refractivity contribution in [3.63, 3.8) is 0 Å². The molecule has 1 saturated heterocycles. The largest absolute Gasteiger partial charge is 0.366 e. The van der Waals surface area contributed by atoms with Crippen molar-refractivity contribution >= 4 is 50.1 Å². The number of carbonyl (C=O) groups is 2. The number of aromatic amines is 1. The van der Waals surface area contributed by atoms with E-state index in [0.717, 1.165) is 57.3 Å². The Morgan fingerprint density at radius 1 is 1.18 bits per heavy atom. The van der Waals surface area contributed by atoms with Gasteiger partial charge < -0.3 is 15.6 Å². The number of nitrogens with two attached hydrogens (primary N) is 1. The van der Waals surface area contributed by atoms with Gasteiger partial charge in [-0.05, 0) is 67.8 Å². The summed E-state index contributed by atoms with van der Waals surface area (Å²) < 4.78 is 3.18. The molecule has 4 aromatic heterocycles. The Hall–Kier alpha value is -4.02. The number of nitrogens with one attached hydrogen (secondary N) is 2. The third-order valence-corrected chi connectivity index (χ3v) is 9.24. The van der Waals surface area contributed by atoms with Gasteiger partial charge in [0.05, 0.1) is 21.8 Å². The zero-order valence-electron chi connectivity index (χ0n) is 21.6. The number of carbonyl (C=O) groups excluding carboxylic acids is 2. The Morgan fingerprint density at radius 3 is 2.92 bits per heavy atom. The smallest absolute Gasteiger partial charge is 0.250 e. The minimum Gasteiger partial charge on any atom is -0.366 e. The van der Waals surface area contributed by atoms with Gasteiger partial charge in [0.15, 0.2) is 0 Å². The van der Waals surface area contributed by atoms with Gasteiger partial charge in [0.1, 0.15) is 11.5 Å². The van der Waals surface area contributed by atoms with Gasteiger partial charge in [-0.3, -0.25) is 19.6 Å². The van der Waals surface area contributed by atoms with Crippen molar-refractivity contribution in [3.05, 3.63) is 65.3 Å². The lowest BCUT2D eigenvalue weighted by atomic mass is 9.98. The molecular formula is C29H29N7O2S. The van der Waals surface area contributed by atoms with Crippen molar-refractivity contribution in [1.82, 2.24) is 24.6 Å². The lowest BCUT2D eigenvalue weighted by Crippen LogP contribution is -2.49. The van der Waals surface area contributed by atoms with Crippen LogP contribution in [0.3, 0.4) is 0 Å². The van der Waals surface area contributed by atoms with E-state index in [0.29, 0.717) is 36.4 Å². The number of thiophene rings is 1. The molecule has 5 aromatic rings. The summed E-state index contributed by atoms with van der Waals surface area (Å²) in [5.41, 5.74) is 10.9. The number of H-pyrrole nitrogens is 1. The van der Waals surface area contributed by atoms with E-state index in [1.807, 2.05) is 61.0 Å². The summed E-state index contributed by atoms with van der Waals surface area (Å²) in [7, 11) is 0. The number of hydrogen-bond donors (Lipinski definition) is 3. The standard InChI is InChI=1S/C29H29N7O2S/c1-16-3-2-4-24(31-16)32-29(38)26-18-5-7-19(13-18)36(26)11-10-35-15-21(28(30)37)20-14-17(6-8-23(20)35)25-27-22(33-34-25)9-12-39-27/h2-4,6,8-9,12,14-15,18-19,26H,5,7,10-11,13H2,1H3,(H2,30,37)(H,33,34)(H,31,32,38)/t18?,19?,26-/m0/s1. The number of nitrogens with zero attached hydrogens (tertiary/aromatic N) is 4. The lowest BCUT2D eigenvalue weighted by Gasteiger charge is -2.34. The number of aromatic nitrogens is 4. The van der Waals surface area contributed by atoms with Gasteiger partial charge in [-0.25, -0.2) is 4.98 Å². The van der Waals surface area contributed by atoms with Gasteiger partial charge in [0, 0.05) is 47.5 Å². The number of aryl methyl sites for hydroxylation is 1. The number of likely N-dealkylation sites (tertiary alicyclic amines) is 1. The highest BCUT2D eigenvalue weighted by molar-refractivity contribution is 7.17. The monoisotopic (exact) mass is 539 g/mol. The first-order valence-corrected chi connectivity index (χ1v) is 14.2. The normalized spacial score (nSPS) is 20.8. The van der Waals surface area contributed by atoms with Crippen LogP contribution in [0, 0.1) is 12.8 Å². The summed E-state index contributed by atoms with van der Waals surface area (Å²) in [6.45, 7) is 3.28. The number of piperidine rings is 1. The van der Waals surface area contributed by atoms with Crippen LogP contribution in [0.15, 0.2) is 54.0 Å². The van der Waals surface area contributed by atoms with Gasteiger partial charge in [-0.15, -0.1) is 11.3 Å². The molecule has 2 fully saturated rings. The summed E-state index contributed by atoms with van der Waals surface area (Å²) in [6.07, 6.45) is 5.08. The molecule has 0 radical (unpaired) electrons. The molecule has 198 valence electrons. The van der Waals surface area contributed by atoms with Crippen LogP contribution >= 0.6 is 11.3 Å². The van der Waals surface area contributed by atoms with E-state index in [9.17, 15) is 9.59 Å². The molecule has 4 N–H and O–H groups in total. The highest BCUT2D eigenvalue weighted by atomic mass is 32.1. The predicted molar refractivity (Wildman–Crippen MR) is 153 cm³/mol. The molecule has 0 spiro atoms. The van der Waals surface area contributed by atoms with Crippen molar-refractivity contribution in [1.29, 1.82) is 0 Å². The molecule has 39 heavy (non-hydrogen) atoms. The van der Waals surface area contributed by atoms with Crippen molar-refractivity contribution in [2.75, 3.05) is 11.9 Å². The molecule has 1 aliphatic carbocycles. The van der Waals surface area contributed by atoms with E-state index >= 15 is 0 Å². The fourth-order valence-corrected chi connectivity index (χ4v) is 7.42. The van der Waals surface area contributed by atoms with Crippen molar-refractivity contribution < 1.29 is 9.59 Å². The summed E-state index contributed by atoms with van der Waals surface area (Å²) in [6, 6.07) is 14.0. The van der Waals surface area contributed by atoms with Crippen LogP contribution in [0.25, 0.3) is 32.4 Å². The molecule has 1 aromatic carbocycles. The van der Waals surface area contributed by atoms with E-state index in [1.165, 1.54) is 0 Å². The second-order valence-corrected chi connectivity index (χ2v) is 11.5. The summed E-state index contributed by atoms with van der Waals surface area (Å²) >= 11 is 1.64. The maximum atomic E-state index is 13.4. The second-order valence-electron chi connectivity index (χ2n) is 10.6. The fourth-order valence-electron chi connectivity index (χ4n) is 6.57. The number of primary amides is 1. The molecule has 2 amide bonds. The van der Waals surface area contributed by atoms with Gasteiger partial charge in [0.2, 0.25) is 5.91 Å². The Labute approximate surface area is 229 Å². The summed E-state index contributed by atoms with van der Waals surface area (Å²) in [4.78, 5) is 32.6. The Kier molecular flexibility index (Phi) is 5.75. The topological polar surface area (TPSA) is 122 Å². The van der Waals surface area contributed by atoms with Crippen molar-refractivity contribution in [2.24, 2.45) is 11.7 Å². The Balaban J connectivity index is 1.16. The van der Waals surface area contributed by atoms with Crippen LogP contribution in [0.4, 0.5) is 5.82 Å². The first-order chi connectivity index (χ1) is 19.0. The number of rotatable bonds is 7. The number of fused-ring (bicyclic) bond motifs is 4. The van der Waals surface area contributed by atoms with Crippen LogP contribution < -0.4 is 11.1 Å². The summed E-state index contributed by atoms with van der Waals surface area (Å²) in [5, 5.41) is 13.5. The number of amides is 2. The minimum atomic E-state index is -0.456. The third kappa shape index (κ3) is 4.11. The van der Waals surface area contributed by atoms with Gasteiger partial charge >= 0.3 is 0 Å². The van der Waals surface area contributed by atoms with E-state index < -0.39 is 5.91 Å². The van der Waals surface area contributed by atoms with Crippen LogP contribution in [0.2, 0.25) is 0 Å². The number of hydrogen-bond acceptors (Lipinski definition) is 6. The molecule has 2 aliphatic rings. The predicted octanol–water partition coefficient (Wildman–Crippen LogP) is 4.54. The maximum Gasteiger partial charge on any atom is 0.250 e. The quantitative estimate of drug-likeness (QED) is 0.280. The fraction of sp³-hybridized carbons (Fsp3) is 0.310. The highest BCUT2D eigenvalue weighted by Crippen LogP contribution is 2.43. The zero-order chi connectivity index (χ0) is 26.7. The molecule has 2 bridgehead atoms. The Morgan fingerprint density at radius 2 is 2.08 bits per heavy atom. The zero-order valence-corrected chi connectivity index (χ0v) is 22.4. The van der Waals surface area contributed by atoms with E-state index in [2.05, 4.69) is 30.0 Å². The number of benzene rings is 1. The summed E-state index contributed by atoms with van der Waals surface area (Å²) in [5.74, 6) is 0.507. The molecule has 10 heteroatoms. The lowest BCUT2D eigenvalue weighted by molar-refractivity contribution is -0.122. The van der Waals surface area contributed by atoms with Crippen LogP contribution in [0.1, 0.15) is 35.3 Å².